The summed E-state index contributed by atoms with van der Waals surface area (Å²) in [6.45, 7) is 5.76. The van der Waals surface area contributed by atoms with Crippen molar-refractivity contribution in [1.82, 2.24) is 20.1 Å². The Morgan fingerprint density at radius 2 is 2.00 bits per heavy atom. The van der Waals surface area contributed by atoms with Crippen molar-refractivity contribution in [3.8, 4) is 28.3 Å². The first-order chi connectivity index (χ1) is 12.6. The molecule has 0 spiro atoms. The molecule has 2 N–H and O–H groups in total. The lowest BCUT2D eigenvalue weighted by atomic mass is 9.95. The van der Waals surface area contributed by atoms with Crippen molar-refractivity contribution in [3.05, 3.63) is 59.9 Å². The predicted molar refractivity (Wildman–Crippen MR) is 94.3 cm³/mol. The molecule has 1 aromatic heterocycles. The summed E-state index contributed by atoms with van der Waals surface area (Å²) >= 11 is 0. The van der Waals surface area contributed by atoms with Crippen molar-refractivity contribution < 1.29 is 13.9 Å². The molecule has 0 radical (unpaired) electrons. The number of hydrogen-bond acceptors (Lipinski definition) is 4. The lowest BCUT2D eigenvalue weighted by Gasteiger charge is -2.17. The lowest BCUT2D eigenvalue weighted by Crippen LogP contribution is -2.28. The number of benzene rings is 2. The predicted octanol–water partition coefficient (Wildman–Crippen LogP) is 3.34. The number of nitrogens with zero attached hydrogens (tertiary/aromatic N) is 3. The van der Waals surface area contributed by atoms with Crippen molar-refractivity contribution in [2.75, 3.05) is 6.54 Å². The number of rotatable bonds is 3. The van der Waals surface area contributed by atoms with E-state index in [-0.39, 0.29) is 16.9 Å². The first-order valence-corrected chi connectivity index (χ1v) is 8.17. The van der Waals surface area contributed by atoms with Crippen LogP contribution in [0.2, 0.25) is 0 Å². The Hall–Kier alpha value is -3.06. The minimum atomic E-state index is -0.703. The Kier molecular flexibility index (Phi) is 4.00. The molecule has 0 unspecified atom stereocenters. The van der Waals surface area contributed by atoms with Gasteiger partial charge in [-0.1, -0.05) is 18.7 Å². The Labute approximate surface area is 148 Å². The Morgan fingerprint density at radius 3 is 2.77 bits per heavy atom. The Balaban J connectivity index is 1.91. The lowest BCUT2D eigenvalue weighted by molar-refractivity contribution is 0.471. The van der Waals surface area contributed by atoms with Gasteiger partial charge in [0.05, 0.1) is 12.1 Å². The quantitative estimate of drug-likeness (QED) is 0.757. The molecular weight excluding hydrogens is 338 g/mol. The SMILES string of the molecule is C=Cc1cc(-c2nnc3n2CCNC3)cc(F)c1-c1c(O)cccc1F. The van der Waals surface area contributed by atoms with Gasteiger partial charge in [0.25, 0.3) is 0 Å². The normalized spacial score (nSPS) is 13.5. The maximum atomic E-state index is 15.0. The van der Waals surface area contributed by atoms with Gasteiger partial charge in [-0.3, -0.25) is 0 Å². The van der Waals surface area contributed by atoms with Crippen molar-refractivity contribution >= 4 is 6.08 Å². The summed E-state index contributed by atoms with van der Waals surface area (Å²) in [6, 6.07) is 6.83. The molecule has 1 aliphatic heterocycles. The second-order valence-corrected chi connectivity index (χ2v) is 6.03. The third-order valence-corrected chi connectivity index (χ3v) is 4.46. The van der Waals surface area contributed by atoms with E-state index in [4.69, 9.17) is 0 Å². The molecule has 7 heteroatoms. The molecule has 5 nitrogen and oxygen atoms in total. The Bertz CT molecular complexity index is 993. The molecule has 0 bridgehead atoms. The van der Waals surface area contributed by atoms with E-state index < -0.39 is 11.6 Å². The molecule has 0 saturated carbocycles. The van der Waals surface area contributed by atoms with Crippen LogP contribution in [-0.2, 0) is 13.1 Å². The van der Waals surface area contributed by atoms with Crippen LogP contribution in [0.3, 0.4) is 0 Å². The molecule has 0 fully saturated rings. The fourth-order valence-electron chi connectivity index (χ4n) is 3.25. The van der Waals surface area contributed by atoms with Crippen LogP contribution < -0.4 is 5.32 Å². The zero-order chi connectivity index (χ0) is 18.3. The number of aromatic hydroxyl groups is 1. The smallest absolute Gasteiger partial charge is 0.164 e. The van der Waals surface area contributed by atoms with E-state index in [0.717, 1.165) is 12.4 Å². The van der Waals surface area contributed by atoms with Crippen LogP contribution >= 0.6 is 0 Å². The number of hydrogen-bond donors (Lipinski definition) is 2. The van der Waals surface area contributed by atoms with Gasteiger partial charge >= 0.3 is 0 Å². The molecule has 2 heterocycles. The number of nitrogens with one attached hydrogen (secondary N) is 1. The molecule has 4 rings (SSSR count). The van der Waals surface area contributed by atoms with E-state index in [0.29, 0.717) is 30.0 Å². The largest absolute Gasteiger partial charge is 0.507 e. The van der Waals surface area contributed by atoms with Crippen LogP contribution in [0.1, 0.15) is 11.4 Å². The first-order valence-electron chi connectivity index (χ1n) is 8.17. The highest BCUT2D eigenvalue weighted by atomic mass is 19.1. The molecule has 132 valence electrons. The van der Waals surface area contributed by atoms with Gasteiger partial charge in [0.1, 0.15) is 23.2 Å². The van der Waals surface area contributed by atoms with E-state index in [9.17, 15) is 13.9 Å². The van der Waals surface area contributed by atoms with Gasteiger partial charge in [0, 0.05) is 24.2 Å². The van der Waals surface area contributed by atoms with Crippen molar-refractivity contribution in [2.45, 2.75) is 13.1 Å². The molecule has 0 aliphatic carbocycles. The molecule has 2 aromatic carbocycles. The van der Waals surface area contributed by atoms with Crippen LogP contribution in [-0.4, -0.2) is 26.4 Å². The third-order valence-electron chi connectivity index (χ3n) is 4.46. The fourth-order valence-corrected chi connectivity index (χ4v) is 3.25. The highest BCUT2D eigenvalue weighted by Crippen LogP contribution is 2.38. The average Bonchev–Trinajstić information content (AvgIpc) is 3.06. The van der Waals surface area contributed by atoms with Crippen molar-refractivity contribution in [3.63, 3.8) is 0 Å². The molecule has 0 saturated heterocycles. The maximum absolute atomic E-state index is 15.0. The summed E-state index contributed by atoms with van der Waals surface area (Å²) in [7, 11) is 0. The molecule has 3 aromatic rings. The first kappa shape index (κ1) is 16.4. The number of aromatic nitrogens is 3. The van der Waals surface area contributed by atoms with E-state index in [1.165, 1.54) is 30.3 Å². The van der Waals surface area contributed by atoms with E-state index in [2.05, 4.69) is 22.1 Å². The number of fused-ring (bicyclic) bond motifs is 1. The summed E-state index contributed by atoms with van der Waals surface area (Å²) in [5, 5.41) is 21.5. The van der Waals surface area contributed by atoms with Gasteiger partial charge in [0.2, 0.25) is 0 Å². The van der Waals surface area contributed by atoms with E-state index >= 15 is 0 Å². The summed E-state index contributed by atoms with van der Waals surface area (Å²) in [6.07, 6.45) is 1.43. The van der Waals surface area contributed by atoms with Gasteiger partial charge in [-0.15, -0.1) is 10.2 Å². The van der Waals surface area contributed by atoms with Crippen LogP contribution in [0, 0.1) is 11.6 Å². The standard InChI is InChI=1S/C19H16F2N4O/c1-2-11-8-12(19-24-23-16-10-22-6-7-25(16)19)9-14(21)17(11)18-13(20)4-3-5-15(18)26/h2-5,8-9,22,26H,1,6-7,10H2. The third kappa shape index (κ3) is 2.57. The second kappa shape index (κ2) is 6.34. The van der Waals surface area contributed by atoms with Gasteiger partial charge < -0.3 is 15.0 Å². The summed E-state index contributed by atoms with van der Waals surface area (Å²) < 4.78 is 31.1. The Morgan fingerprint density at radius 1 is 1.15 bits per heavy atom. The highest BCUT2D eigenvalue weighted by Gasteiger charge is 2.22. The zero-order valence-electron chi connectivity index (χ0n) is 13.8. The van der Waals surface area contributed by atoms with Gasteiger partial charge in [0.15, 0.2) is 5.82 Å². The number of phenols is 1. The van der Waals surface area contributed by atoms with Crippen LogP contribution in [0.5, 0.6) is 5.75 Å². The molecule has 0 amide bonds. The maximum Gasteiger partial charge on any atom is 0.164 e. The zero-order valence-corrected chi connectivity index (χ0v) is 13.8. The van der Waals surface area contributed by atoms with E-state index in [1.54, 1.807) is 6.07 Å². The minimum absolute atomic E-state index is 0.0283. The highest BCUT2D eigenvalue weighted by molar-refractivity contribution is 5.82. The molecule has 0 atom stereocenters. The fraction of sp³-hybridized carbons (Fsp3) is 0.158. The van der Waals surface area contributed by atoms with Crippen LogP contribution in [0.15, 0.2) is 36.9 Å². The molecular formula is C19H16F2N4O. The number of phenolic OH excluding ortho intramolecular Hbond substituents is 1. The summed E-state index contributed by atoms with van der Waals surface area (Å²) in [5.41, 5.74) is 0.683. The summed E-state index contributed by atoms with van der Waals surface area (Å²) in [4.78, 5) is 0. The van der Waals surface area contributed by atoms with Gasteiger partial charge in [-0.05, 0) is 29.8 Å². The van der Waals surface area contributed by atoms with Gasteiger partial charge in [-0.25, -0.2) is 8.78 Å². The molecule has 26 heavy (non-hydrogen) atoms. The van der Waals surface area contributed by atoms with Crippen molar-refractivity contribution in [1.29, 1.82) is 0 Å². The minimum Gasteiger partial charge on any atom is -0.507 e. The second-order valence-electron chi connectivity index (χ2n) is 6.03. The average molecular weight is 354 g/mol. The summed E-state index contributed by atoms with van der Waals surface area (Å²) in [5.74, 6) is -0.365. The van der Waals surface area contributed by atoms with E-state index in [1.807, 2.05) is 4.57 Å². The van der Waals surface area contributed by atoms with Crippen LogP contribution in [0.25, 0.3) is 28.6 Å². The van der Waals surface area contributed by atoms with Crippen LogP contribution in [0.4, 0.5) is 8.78 Å². The number of halogens is 2. The van der Waals surface area contributed by atoms with Gasteiger partial charge in [-0.2, -0.15) is 0 Å². The van der Waals surface area contributed by atoms with Crippen molar-refractivity contribution in [2.24, 2.45) is 0 Å². The monoisotopic (exact) mass is 354 g/mol. The topological polar surface area (TPSA) is 63.0 Å². The molecule has 1 aliphatic rings.